The third-order valence-corrected chi connectivity index (χ3v) is 7.29. The average molecular weight is 400 g/mol. The summed E-state index contributed by atoms with van der Waals surface area (Å²) < 4.78 is 5.59. The van der Waals surface area contributed by atoms with E-state index in [0.29, 0.717) is 32.3 Å². The average Bonchev–Trinajstić information content (AvgIpc) is 3.34. The Morgan fingerprint density at radius 3 is 2.59 bits per heavy atom. The van der Waals surface area contributed by atoms with Crippen LogP contribution < -0.4 is 10.6 Å². The highest BCUT2D eigenvalue weighted by molar-refractivity contribution is 5.91. The van der Waals surface area contributed by atoms with Gasteiger partial charge in [0.15, 0.2) is 0 Å². The molecule has 0 radical (unpaired) electrons. The van der Waals surface area contributed by atoms with Gasteiger partial charge in [-0.1, -0.05) is 25.0 Å². The maximum absolute atomic E-state index is 13.2. The molecule has 2 saturated heterocycles. The number of aryl methyl sites for hydroxylation is 1. The van der Waals surface area contributed by atoms with Crippen molar-refractivity contribution < 1.29 is 14.3 Å². The minimum Gasteiger partial charge on any atom is -0.381 e. The summed E-state index contributed by atoms with van der Waals surface area (Å²) in [5.41, 5.74) is 2.91. The highest BCUT2D eigenvalue weighted by Gasteiger charge is 2.52. The van der Waals surface area contributed by atoms with Gasteiger partial charge in [-0.05, 0) is 56.7 Å². The van der Waals surface area contributed by atoms with Crippen molar-refractivity contribution in [3.05, 3.63) is 29.3 Å². The van der Waals surface area contributed by atoms with Gasteiger partial charge < -0.3 is 20.3 Å². The van der Waals surface area contributed by atoms with Gasteiger partial charge in [-0.25, -0.2) is 4.79 Å². The van der Waals surface area contributed by atoms with Crippen LogP contribution in [0.1, 0.15) is 49.7 Å². The largest absolute Gasteiger partial charge is 0.381 e. The standard InChI is InChI=1S/C23H33N3O3/c1-16-6-5-9-20(17(16)2)25-22(28)26-14-19(21(27)24-18-7-3-4-8-18)23(15-26)10-12-29-13-11-23/h5-6,9,18-19H,3-4,7-8,10-15H2,1-2H3,(H,24,27)(H,25,28). The molecular weight excluding hydrogens is 366 g/mol. The van der Waals surface area contributed by atoms with E-state index < -0.39 is 0 Å². The van der Waals surface area contributed by atoms with E-state index in [1.165, 1.54) is 12.8 Å². The van der Waals surface area contributed by atoms with Crippen molar-refractivity contribution in [3.8, 4) is 0 Å². The molecule has 1 spiro atoms. The van der Waals surface area contributed by atoms with Gasteiger partial charge in [-0.3, -0.25) is 4.79 Å². The Kier molecular flexibility index (Phi) is 5.81. The molecule has 2 heterocycles. The van der Waals surface area contributed by atoms with Gasteiger partial charge in [0, 0.05) is 43.4 Å². The molecule has 1 saturated carbocycles. The van der Waals surface area contributed by atoms with Crippen LogP contribution in [0.4, 0.5) is 10.5 Å². The van der Waals surface area contributed by atoms with Crippen LogP contribution in [0.25, 0.3) is 0 Å². The smallest absolute Gasteiger partial charge is 0.321 e. The molecule has 158 valence electrons. The van der Waals surface area contributed by atoms with Gasteiger partial charge in [0.25, 0.3) is 0 Å². The van der Waals surface area contributed by atoms with E-state index >= 15 is 0 Å². The molecule has 1 aliphatic carbocycles. The molecule has 1 aromatic rings. The zero-order valence-corrected chi connectivity index (χ0v) is 17.6. The molecule has 0 aromatic heterocycles. The van der Waals surface area contributed by atoms with Gasteiger partial charge in [0.05, 0.1) is 5.92 Å². The lowest BCUT2D eigenvalue weighted by Crippen LogP contribution is -2.46. The quantitative estimate of drug-likeness (QED) is 0.815. The molecular formula is C23H33N3O3. The SMILES string of the molecule is Cc1cccc(NC(=O)N2CC(C(=O)NC3CCCC3)C3(CCOCC3)C2)c1C. The molecule has 1 aromatic carbocycles. The van der Waals surface area contributed by atoms with Crippen LogP contribution in [0.3, 0.4) is 0 Å². The summed E-state index contributed by atoms with van der Waals surface area (Å²) in [6.45, 7) is 6.50. The van der Waals surface area contributed by atoms with Crippen LogP contribution in [0.15, 0.2) is 18.2 Å². The monoisotopic (exact) mass is 399 g/mol. The Labute approximate surface area is 173 Å². The number of benzene rings is 1. The van der Waals surface area contributed by atoms with Crippen LogP contribution in [-0.2, 0) is 9.53 Å². The summed E-state index contributed by atoms with van der Waals surface area (Å²) in [6.07, 6.45) is 6.21. The first-order valence-corrected chi connectivity index (χ1v) is 11.0. The summed E-state index contributed by atoms with van der Waals surface area (Å²) in [7, 11) is 0. The minimum absolute atomic E-state index is 0.110. The second-order valence-corrected chi connectivity index (χ2v) is 9.08. The number of likely N-dealkylation sites (tertiary alicyclic amines) is 1. The number of carbonyl (C=O) groups is 2. The number of hydrogen-bond acceptors (Lipinski definition) is 3. The molecule has 3 aliphatic rings. The number of amides is 3. The topological polar surface area (TPSA) is 70.7 Å². The number of carbonyl (C=O) groups excluding carboxylic acids is 2. The van der Waals surface area contributed by atoms with Crippen molar-refractivity contribution in [2.24, 2.45) is 11.3 Å². The lowest BCUT2D eigenvalue weighted by molar-refractivity contribution is -0.130. The Hall–Kier alpha value is -2.08. The number of ether oxygens (including phenoxy) is 1. The van der Waals surface area contributed by atoms with E-state index in [2.05, 4.69) is 10.6 Å². The Balaban J connectivity index is 1.49. The minimum atomic E-state index is -0.167. The maximum atomic E-state index is 13.2. The lowest BCUT2D eigenvalue weighted by atomic mass is 9.71. The highest BCUT2D eigenvalue weighted by atomic mass is 16.5. The highest BCUT2D eigenvalue weighted by Crippen LogP contribution is 2.44. The van der Waals surface area contributed by atoms with Crippen molar-refractivity contribution in [1.82, 2.24) is 10.2 Å². The molecule has 1 atom stereocenters. The molecule has 3 fully saturated rings. The number of nitrogens with zero attached hydrogens (tertiary/aromatic N) is 1. The predicted molar refractivity (Wildman–Crippen MR) is 113 cm³/mol. The summed E-state index contributed by atoms with van der Waals surface area (Å²) in [6, 6.07) is 6.13. The van der Waals surface area contributed by atoms with Crippen LogP contribution >= 0.6 is 0 Å². The van der Waals surface area contributed by atoms with Crippen LogP contribution in [0.2, 0.25) is 0 Å². The number of urea groups is 1. The van der Waals surface area contributed by atoms with Crippen LogP contribution in [-0.4, -0.2) is 49.2 Å². The molecule has 29 heavy (non-hydrogen) atoms. The van der Waals surface area contributed by atoms with Gasteiger partial charge in [0.1, 0.15) is 0 Å². The van der Waals surface area contributed by atoms with E-state index in [1.54, 1.807) is 0 Å². The molecule has 3 amide bonds. The summed E-state index contributed by atoms with van der Waals surface area (Å²) in [5, 5.41) is 6.35. The molecule has 4 rings (SSSR count). The zero-order chi connectivity index (χ0) is 20.4. The molecule has 1 unspecified atom stereocenters. The first-order chi connectivity index (χ1) is 14.0. The van der Waals surface area contributed by atoms with E-state index in [4.69, 9.17) is 4.74 Å². The predicted octanol–water partition coefficient (Wildman–Crippen LogP) is 3.62. The Morgan fingerprint density at radius 2 is 1.86 bits per heavy atom. The van der Waals surface area contributed by atoms with Gasteiger partial charge in [-0.15, -0.1) is 0 Å². The fourth-order valence-corrected chi connectivity index (χ4v) is 5.22. The van der Waals surface area contributed by atoms with Gasteiger partial charge >= 0.3 is 6.03 Å². The van der Waals surface area contributed by atoms with Crippen molar-refractivity contribution >= 4 is 17.6 Å². The third kappa shape index (κ3) is 4.13. The molecule has 0 bridgehead atoms. The maximum Gasteiger partial charge on any atom is 0.321 e. The molecule has 2 N–H and O–H groups in total. The zero-order valence-electron chi connectivity index (χ0n) is 17.6. The first kappa shape index (κ1) is 20.2. The summed E-state index contributed by atoms with van der Waals surface area (Å²) >= 11 is 0. The number of nitrogens with one attached hydrogen (secondary N) is 2. The van der Waals surface area contributed by atoms with E-state index in [1.807, 2.05) is 36.9 Å². The van der Waals surface area contributed by atoms with E-state index in [9.17, 15) is 9.59 Å². The molecule has 6 heteroatoms. The Bertz CT molecular complexity index is 767. The van der Waals surface area contributed by atoms with Crippen molar-refractivity contribution in [2.45, 2.75) is 58.4 Å². The fraction of sp³-hybridized carbons (Fsp3) is 0.652. The third-order valence-electron chi connectivity index (χ3n) is 7.29. The van der Waals surface area contributed by atoms with Crippen LogP contribution in [0, 0.1) is 25.2 Å². The summed E-state index contributed by atoms with van der Waals surface area (Å²) in [5.74, 6) is -0.0304. The molecule has 2 aliphatic heterocycles. The lowest BCUT2D eigenvalue weighted by Gasteiger charge is -2.37. The summed E-state index contributed by atoms with van der Waals surface area (Å²) in [4.78, 5) is 28.1. The normalized spacial score (nSPS) is 24.1. The number of anilines is 1. The van der Waals surface area contributed by atoms with Crippen LogP contribution in [0.5, 0.6) is 0 Å². The Morgan fingerprint density at radius 1 is 1.14 bits per heavy atom. The van der Waals surface area contributed by atoms with E-state index in [0.717, 1.165) is 42.5 Å². The van der Waals surface area contributed by atoms with Gasteiger partial charge in [0.2, 0.25) is 5.91 Å². The van der Waals surface area contributed by atoms with Crippen molar-refractivity contribution in [2.75, 3.05) is 31.6 Å². The van der Waals surface area contributed by atoms with Crippen molar-refractivity contribution in [3.63, 3.8) is 0 Å². The van der Waals surface area contributed by atoms with Gasteiger partial charge in [-0.2, -0.15) is 0 Å². The first-order valence-electron chi connectivity index (χ1n) is 11.0. The fourth-order valence-electron chi connectivity index (χ4n) is 5.22. The molecule has 6 nitrogen and oxygen atoms in total. The number of rotatable bonds is 3. The van der Waals surface area contributed by atoms with Crippen molar-refractivity contribution in [1.29, 1.82) is 0 Å². The number of hydrogen-bond donors (Lipinski definition) is 2. The second kappa shape index (κ2) is 8.34. The second-order valence-electron chi connectivity index (χ2n) is 9.08. The van der Waals surface area contributed by atoms with E-state index in [-0.39, 0.29) is 23.3 Å².